The number of hydrogen-bond acceptors (Lipinski definition) is 7. The van der Waals surface area contributed by atoms with E-state index in [4.69, 9.17) is 18.9 Å². The number of hydrogen-bond donors (Lipinski definition) is 1. The number of carbonyl (C=O) groups is 2. The second kappa shape index (κ2) is 11.4. The predicted octanol–water partition coefficient (Wildman–Crippen LogP) is 3.73. The number of amides is 1. The molecular formula is C26H29NO7. The third kappa shape index (κ3) is 5.07. The molecule has 1 atom stereocenters. The summed E-state index contributed by atoms with van der Waals surface area (Å²) >= 11 is 0. The molecule has 3 rings (SSSR count). The van der Waals surface area contributed by atoms with Gasteiger partial charge in [-0.3, -0.25) is 9.59 Å². The third-order valence-corrected chi connectivity index (χ3v) is 5.38. The lowest BCUT2D eigenvalue weighted by molar-refractivity contribution is -0.140. The van der Waals surface area contributed by atoms with E-state index < -0.39 is 17.7 Å². The van der Waals surface area contributed by atoms with Crippen LogP contribution in [0.15, 0.2) is 60.7 Å². The Morgan fingerprint density at radius 1 is 1.09 bits per heavy atom. The Hall–Kier alpha value is -3.78. The SMILES string of the molecule is C=CCOc1ccc(C2C(=C(O)c3ccc(OCC)cc3)C(=O)C(=O)N2CCOC)cc1OC. The maximum Gasteiger partial charge on any atom is 0.295 e. The summed E-state index contributed by atoms with van der Waals surface area (Å²) in [6.07, 6.45) is 1.61. The summed E-state index contributed by atoms with van der Waals surface area (Å²) in [5.41, 5.74) is 0.980. The first-order chi connectivity index (χ1) is 16.5. The number of rotatable bonds is 11. The smallest absolute Gasteiger partial charge is 0.295 e. The van der Waals surface area contributed by atoms with Crippen LogP contribution >= 0.6 is 0 Å². The Balaban J connectivity index is 2.11. The molecule has 2 aromatic carbocycles. The van der Waals surface area contributed by atoms with Crippen molar-refractivity contribution in [1.82, 2.24) is 4.90 Å². The van der Waals surface area contributed by atoms with Crippen molar-refractivity contribution in [3.8, 4) is 17.2 Å². The van der Waals surface area contributed by atoms with Crippen molar-refractivity contribution in [2.75, 3.05) is 40.6 Å². The second-order valence-electron chi connectivity index (χ2n) is 7.45. The largest absolute Gasteiger partial charge is 0.507 e. The van der Waals surface area contributed by atoms with Crippen molar-refractivity contribution in [2.24, 2.45) is 0 Å². The van der Waals surface area contributed by atoms with E-state index in [1.807, 2.05) is 6.92 Å². The number of benzene rings is 2. The van der Waals surface area contributed by atoms with Crippen LogP contribution in [-0.2, 0) is 14.3 Å². The van der Waals surface area contributed by atoms with Crippen LogP contribution in [0.1, 0.15) is 24.1 Å². The van der Waals surface area contributed by atoms with Crippen molar-refractivity contribution < 1.29 is 33.6 Å². The maximum atomic E-state index is 13.1. The first-order valence-corrected chi connectivity index (χ1v) is 10.9. The molecule has 0 aliphatic carbocycles. The zero-order valence-electron chi connectivity index (χ0n) is 19.6. The molecule has 1 saturated heterocycles. The zero-order chi connectivity index (χ0) is 24.7. The third-order valence-electron chi connectivity index (χ3n) is 5.38. The van der Waals surface area contributed by atoms with Crippen LogP contribution in [0.2, 0.25) is 0 Å². The quantitative estimate of drug-likeness (QED) is 0.233. The van der Waals surface area contributed by atoms with Gasteiger partial charge in [0.25, 0.3) is 11.7 Å². The molecule has 1 aliphatic rings. The molecule has 1 N–H and O–H groups in total. The van der Waals surface area contributed by atoms with Crippen molar-refractivity contribution in [3.63, 3.8) is 0 Å². The van der Waals surface area contributed by atoms with Crippen molar-refractivity contribution in [2.45, 2.75) is 13.0 Å². The van der Waals surface area contributed by atoms with Crippen LogP contribution in [0.5, 0.6) is 17.2 Å². The van der Waals surface area contributed by atoms with Crippen LogP contribution < -0.4 is 14.2 Å². The molecule has 1 aliphatic heterocycles. The standard InChI is InChI=1S/C26H29NO7/c1-5-14-34-20-12-9-18(16-21(20)32-4)23-22(25(29)26(30)27(23)13-15-31-3)24(28)17-7-10-19(11-8-17)33-6-2/h5,7-12,16,23,28H,1,6,13-15H2,2-4H3. The van der Waals surface area contributed by atoms with Gasteiger partial charge in [0.1, 0.15) is 18.1 Å². The molecule has 180 valence electrons. The molecule has 0 aromatic heterocycles. The molecule has 0 spiro atoms. The van der Waals surface area contributed by atoms with E-state index in [9.17, 15) is 14.7 Å². The molecule has 1 fully saturated rings. The van der Waals surface area contributed by atoms with Crippen molar-refractivity contribution >= 4 is 17.4 Å². The van der Waals surface area contributed by atoms with Gasteiger partial charge in [-0.25, -0.2) is 0 Å². The van der Waals surface area contributed by atoms with E-state index in [0.29, 0.717) is 41.6 Å². The summed E-state index contributed by atoms with van der Waals surface area (Å²) in [5.74, 6) is -0.184. The zero-order valence-corrected chi connectivity index (χ0v) is 19.6. The average molecular weight is 468 g/mol. The Morgan fingerprint density at radius 3 is 2.44 bits per heavy atom. The van der Waals surface area contributed by atoms with E-state index in [-0.39, 0.29) is 24.5 Å². The molecule has 0 bridgehead atoms. The number of methoxy groups -OCH3 is 2. The Kier molecular flexibility index (Phi) is 8.32. The minimum absolute atomic E-state index is 0.00734. The monoisotopic (exact) mass is 467 g/mol. The minimum atomic E-state index is -0.830. The highest BCUT2D eigenvalue weighted by Gasteiger charge is 2.46. The van der Waals surface area contributed by atoms with Crippen LogP contribution in [0.3, 0.4) is 0 Å². The molecule has 1 amide bonds. The van der Waals surface area contributed by atoms with Gasteiger partial charge < -0.3 is 29.0 Å². The van der Waals surface area contributed by atoms with Gasteiger partial charge in [0.2, 0.25) is 0 Å². The first-order valence-electron chi connectivity index (χ1n) is 10.9. The second-order valence-corrected chi connectivity index (χ2v) is 7.45. The number of ether oxygens (including phenoxy) is 4. The first kappa shape index (κ1) is 24.9. The Morgan fingerprint density at radius 2 is 1.82 bits per heavy atom. The maximum absolute atomic E-state index is 13.1. The summed E-state index contributed by atoms with van der Waals surface area (Å²) in [5, 5.41) is 11.1. The summed E-state index contributed by atoms with van der Waals surface area (Å²) in [4.78, 5) is 27.4. The van der Waals surface area contributed by atoms with Gasteiger partial charge in [0.05, 0.1) is 31.9 Å². The normalized spacial score (nSPS) is 17.0. The van der Waals surface area contributed by atoms with Crippen molar-refractivity contribution in [3.05, 3.63) is 71.8 Å². The van der Waals surface area contributed by atoms with Gasteiger partial charge in [-0.1, -0.05) is 18.7 Å². The number of ketones is 1. The average Bonchev–Trinajstić information content (AvgIpc) is 3.11. The molecule has 8 heteroatoms. The minimum Gasteiger partial charge on any atom is -0.507 e. The number of carbonyl (C=O) groups excluding carboxylic acids is 2. The lowest BCUT2D eigenvalue weighted by atomic mass is 9.95. The molecule has 0 radical (unpaired) electrons. The predicted molar refractivity (Wildman–Crippen MR) is 127 cm³/mol. The fourth-order valence-corrected chi connectivity index (χ4v) is 3.80. The molecule has 1 heterocycles. The fraction of sp³-hybridized carbons (Fsp3) is 0.308. The van der Waals surface area contributed by atoms with Crippen molar-refractivity contribution in [1.29, 1.82) is 0 Å². The highest BCUT2D eigenvalue weighted by Crippen LogP contribution is 2.42. The highest BCUT2D eigenvalue weighted by atomic mass is 16.5. The van der Waals surface area contributed by atoms with Gasteiger partial charge in [0.15, 0.2) is 11.5 Å². The Bertz CT molecular complexity index is 1080. The fourth-order valence-electron chi connectivity index (χ4n) is 3.80. The summed E-state index contributed by atoms with van der Waals surface area (Å²) in [6, 6.07) is 11.0. The van der Waals surface area contributed by atoms with Gasteiger partial charge in [-0.05, 0) is 48.9 Å². The van der Waals surface area contributed by atoms with E-state index in [0.717, 1.165) is 0 Å². The van der Waals surface area contributed by atoms with E-state index in [1.54, 1.807) is 48.5 Å². The Labute approximate surface area is 199 Å². The topological polar surface area (TPSA) is 94.5 Å². The van der Waals surface area contributed by atoms with Gasteiger partial charge in [0, 0.05) is 19.2 Å². The molecule has 1 unspecified atom stereocenters. The number of aliphatic hydroxyl groups is 1. The lowest BCUT2D eigenvalue weighted by Gasteiger charge is -2.25. The number of nitrogens with zero attached hydrogens (tertiary/aromatic N) is 1. The van der Waals surface area contributed by atoms with E-state index >= 15 is 0 Å². The highest BCUT2D eigenvalue weighted by molar-refractivity contribution is 6.46. The number of Topliss-reactive ketones (excluding diaryl/α,β-unsaturated/α-hetero) is 1. The van der Waals surface area contributed by atoms with E-state index in [2.05, 4.69) is 6.58 Å². The van der Waals surface area contributed by atoms with Crippen LogP contribution in [0.25, 0.3) is 5.76 Å². The number of likely N-dealkylation sites (tertiary alicyclic amines) is 1. The number of aliphatic hydroxyl groups excluding tert-OH is 1. The van der Waals surface area contributed by atoms with Crippen LogP contribution in [-0.4, -0.2) is 62.3 Å². The van der Waals surface area contributed by atoms with Crippen LogP contribution in [0.4, 0.5) is 0 Å². The molecular weight excluding hydrogens is 438 g/mol. The molecule has 34 heavy (non-hydrogen) atoms. The van der Waals surface area contributed by atoms with Gasteiger partial charge >= 0.3 is 0 Å². The molecule has 8 nitrogen and oxygen atoms in total. The molecule has 0 saturated carbocycles. The lowest BCUT2D eigenvalue weighted by Crippen LogP contribution is -2.32. The van der Waals surface area contributed by atoms with Crippen LogP contribution in [0, 0.1) is 0 Å². The molecule has 2 aromatic rings. The van der Waals surface area contributed by atoms with Gasteiger partial charge in [-0.2, -0.15) is 0 Å². The van der Waals surface area contributed by atoms with Gasteiger partial charge in [-0.15, -0.1) is 0 Å². The summed E-state index contributed by atoms with van der Waals surface area (Å²) in [7, 11) is 3.02. The summed E-state index contributed by atoms with van der Waals surface area (Å²) in [6.45, 7) is 6.70. The summed E-state index contributed by atoms with van der Waals surface area (Å²) < 4.78 is 21.7. The van der Waals surface area contributed by atoms with E-state index in [1.165, 1.54) is 19.1 Å².